The van der Waals surface area contributed by atoms with E-state index in [0.29, 0.717) is 38.0 Å². The molecule has 0 spiro atoms. The van der Waals surface area contributed by atoms with Crippen molar-refractivity contribution in [3.63, 3.8) is 0 Å². The molecule has 0 aliphatic carbocycles. The Morgan fingerprint density at radius 1 is 0.750 bits per heavy atom. The van der Waals surface area contributed by atoms with Gasteiger partial charge in [-0.1, -0.05) is 76.2 Å². The van der Waals surface area contributed by atoms with E-state index in [0.717, 1.165) is 49.3 Å². The summed E-state index contributed by atoms with van der Waals surface area (Å²) < 4.78 is 16.3. The minimum Gasteiger partial charge on any atom is -0.465 e. The van der Waals surface area contributed by atoms with Crippen LogP contribution in [0.1, 0.15) is 51.4 Å². The summed E-state index contributed by atoms with van der Waals surface area (Å²) in [6.45, 7) is 9.40. The van der Waals surface area contributed by atoms with Gasteiger partial charge in [0.1, 0.15) is 35.8 Å². The number of benzene rings is 3. The molecule has 4 amide bonds. The molecule has 0 unspecified atom stereocenters. The minimum absolute atomic E-state index is 0.156. The normalized spacial score (nSPS) is 18.1. The van der Waals surface area contributed by atoms with E-state index in [-0.39, 0.29) is 36.9 Å². The molecule has 2 aliphatic rings. The SMILES string of the molecule is COC(=O)N[C@H](C(=O)N1CCOC[C@H]1c1ncc(-c2ccc3cc(-c4ccc(-c5cnc([C@@H]6COCCN6C(=O)[C@H](C(C)C)N(C)C(=O)O)[nH]5)cc4)ccc3c2)[nH]1)C(C)C. The Labute approximate surface area is 348 Å². The third-order valence-electron chi connectivity index (χ3n) is 11.3. The molecule has 16 heteroatoms. The van der Waals surface area contributed by atoms with Gasteiger partial charge >= 0.3 is 12.2 Å². The minimum atomic E-state index is -1.15. The molecule has 0 radical (unpaired) electrons. The van der Waals surface area contributed by atoms with Crippen LogP contribution in [-0.4, -0.2) is 130 Å². The molecule has 5 aromatic rings. The number of carboxylic acid groups (broad SMARTS) is 1. The van der Waals surface area contributed by atoms with Crippen molar-refractivity contribution in [1.29, 1.82) is 0 Å². The Morgan fingerprint density at radius 2 is 1.25 bits per heavy atom. The number of likely N-dealkylation sites (N-methyl/N-ethyl adjacent to an activating group) is 1. The fourth-order valence-electron chi connectivity index (χ4n) is 7.99. The summed E-state index contributed by atoms with van der Waals surface area (Å²) in [6, 6.07) is 18.2. The van der Waals surface area contributed by atoms with Crippen molar-refractivity contribution in [3.8, 4) is 33.6 Å². The van der Waals surface area contributed by atoms with E-state index in [2.05, 4.69) is 67.7 Å². The summed E-state index contributed by atoms with van der Waals surface area (Å²) in [6.07, 6.45) is 1.70. The van der Waals surface area contributed by atoms with E-state index in [1.807, 2.05) is 45.9 Å². The first-order valence-corrected chi connectivity index (χ1v) is 20.2. The van der Waals surface area contributed by atoms with Crippen LogP contribution in [0.25, 0.3) is 44.4 Å². The summed E-state index contributed by atoms with van der Waals surface area (Å²) in [7, 11) is 2.70. The zero-order valence-corrected chi connectivity index (χ0v) is 34.7. The number of aromatic nitrogens is 4. The molecule has 2 saturated heterocycles. The number of amides is 4. The van der Waals surface area contributed by atoms with Gasteiger partial charge in [0.05, 0.1) is 57.3 Å². The van der Waals surface area contributed by atoms with Gasteiger partial charge in [-0.25, -0.2) is 19.6 Å². The standard InChI is InChI=1S/C44H52N8O8/c1-25(2)37(49-43(55)58-6)41(53)51-15-17-59-23-35(51)39-46-22-34(48-39)32-14-13-30-19-29(11-12-31(30)20-32)27-7-9-28(10-8-27)33-21-45-40(47-33)36-24-60-18-16-52(36)42(54)38(26(3)4)50(5)44(56)57/h7-14,19-22,25-26,35-38H,15-18,23-24H2,1-6H3,(H,45,47)(H,46,48)(H,49,55)(H,56,57)/t35-,36-,37-,38-/m0/s1. The summed E-state index contributed by atoms with van der Waals surface area (Å²) in [5, 5.41) is 14.4. The van der Waals surface area contributed by atoms with Gasteiger partial charge < -0.3 is 44.4 Å². The molecule has 16 nitrogen and oxygen atoms in total. The van der Waals surface area contributed by atoms with Crippen molar-refractivity contribution in [3.05, 3.63) is 84.7 Å². The molecule has 2 aromatic heterocycles. The lowest BCUT2D eigenvalue weighted by atomic mass is 9.98. The highest BCUT2D eigenvalue weighted by Gasteiger charge is 2.39. The van der Waals surface area contributed by atoms with E-state index in [1.165, 1.54) is 14.2 Å². The lowest BCUT2D eigenvalue weighted by Gasteiger charge is -2.39. The van der Waals surface area contributed by atoms with Crippen molar-refractivity contribution in [2.24, 2.45) is 11.8 Å². The Kier molecular flexibility index (Phi) is 12.5. The number of alkyl carbamates (subject to hydrolysis) is 1. The number of nitrogens with zero attached hydrogens (tertiary/aromatic N) is 5. The van der Waals surface area contributed by atoms with Crippen LogP contribution < -0.4 is 5.32 Å². The zero-order valence-electron chi connectivity index (χ0n) is 34.7. The molecule has 0 saturated carbocycles. The number of hydrogen-bond acceptors (Lipinski definition) is 9. The maximum Gasteiger partial charge on any atom is 0.407 e. The third kappa shape index (κ3) is 8.70. The molecule has 3 aromatic carbocycles. The smallest absolute Gasteiger partial charge is 0.407 e. The van der Waals surface area contributed by atoms with Gasteiger partial charge in [-0.2, -0.15) is 0 Å². The van der Waals surface area contributed by atoms with Gasteiger partial charge in [-0.3, -0.25) is 14.5 Å². The first-order chi connectivity index (χ1) is 28.8. The number of rotatable bonds is 11. The summed E-state index contributed by atoms with van der Waals surface area (Å²) in [5.74, 6) is 0.314. The second kappa shape index (κ2) is 17.9. The Balaban J connectivity index is 1.04. The van der Waals surface area contributed by atoms with Crippen LogP contribution >= 0.6 is 0 Å². The van der Waals surface area contributed by atoms with Crippen molar-refractivity contribution in [1.82, 2.24) is 40.0 Å². The highest BCUT2D eigenvalue weighted by Crippen LogP contribution is 2.32. The van der Waals surface area contributed by atoms with Crippen LogP contribution in [0.4, 0.5) is 9.59 Å². The number of methoxy groups -OCH3 is 1. The number of ether oxygens (including phenoxy) is 3. The van der Waals surface area contributed by atoms with E-state index in [4.69, 9.17) is 14.2 Å². The molecule has 60 heavy (non-hydrogen) atoms. The molecular weight excluding hydrogens is 769 g/mol. The van der Waals surface area contributed by atoms with E-state index < -0.39 is 36.4 Å². The van der Waals surface area contributed by atoms with Crippen molar-refractivity contribution in [2.75, 3.05) is 53.7 Å². The fourth-order valence-corrected chi connectivity index (χ4v) is 7.99. The average Bonchev–Trinajstić information content (AvgIpc) is 3.96. The Morgan fingerprint density at radius 3 is 1.78 bits per heavy atom. The molecule has 2 aliphatic heterocycles. The summed E-state index contributed by atoms with van der Waals surface area (Å²) in [5.41, 5.74) is 5.55. The quantitative estimate of drug-likeness (QED) is 0.121. The van der Waals surface area contributed by atoms with E-state index in [1.54, 1.807) is 22.2 Å². The van der Waals surface area contributed by atoms with E-state index in [9.17, 15) is 24.3 Å². The fraction of sp³-hybridized carbons (Fsp3) is 0.409. The van der Waals surface area contributed by atoms with Gasteiger partial charge in [0.15, 0.2) is 0 Å². The maximum atomic E-state index is 13.7. The van der Waals surface area contributed by atoms with E-state index >= 15 is 0 Å². The van der Waals surface area contributed by atoms with Crippen molar-refractivity contribution < 1.29 is 38.5 Å². The molecule has 7 rings (SSSR count). The predicted octanol–water partition coefficient (Wildman–Crippen LogP) is 6.10. The summed E-state index contributed by atoms with van der Waals surface area (Å²) >= 11 is 0. The summed E-state index contributed by atoms with van der Waals surface area (Å²) in [4.78, 5) is 71.8. The number of fused-ring (bicyclic) bond motifs is 1. The molecule has 0 bridgehead atoms. The number of carbonyl (C=O) groups is 4. The van der Waals surface area contributed by atoms with Gasteiger partial charge in [0.25, 0.3) is 0 Å². The van der Waals surface area contributed by atoms with Crippen LogP contribution in [-0.2, 0) is 23.8 Å². The number of nitrogens with one attached hydrogen (secondary N) is 3. The van der Waals surface area contributed by atoms with Crippen LogP contribution in [0, 0.1) is 11.8 Å². The van der Waals surface area contributed by atoms with Crippen LogP contribution in [0.2, 0.25) is 0 Å². The number of imidazole rings is 2. The second-order valence-corrected chi connectivity index (χ2v) is 15.9. The molecule has 4 heterocycles. The first-order valence-electron chi connectivity index (χ1n) is 20.2. The van der Waals surface area contributed by atoms with Gasteiger partial charge in [0, 0.05) is 25.7 Å². The highest BCUT2D eigenvalue weighted by molar-refractivity contribution is 5.91. The zero-order chi connectivity index (χ0) is 42.7. The number of H-pyrrole nitrogens is 2. The highest BCUT2D eigenvalue weighted by atomic mass is 16.5. The number of carbonyl (C=O) groups excluding carboxylic acids is 3. The first kappa shape index (κ1) is 41.9. The van der Waals surface area contributed by atoms with Crippen molar-refractivity contribution in [2.45, 2.75) is 51.9 Å². The van der Waals surface area contributed by atoms with Crippen LogP contribution in [0.15, 0.2) is 73.1 Å². The maximum absolute atomic E-state index is 13.7. The molecule has 4 N–H and O–H groups in total. The molecule has 4 atom stereocenters. The number of hydrogen-bond donors (Lipinski definition) is 4. The predicted molar refractivity (Wildman–Crippen MR) is 224 cm³/mol. The largest absolute Gasteiger partial charge is 0.465 e. The van der Waals surface area contributed by atoms with Gasteiger partial charge in [-0.05, 0) is 51.4 Å². The third-order valence-corrected chi connectivity index (χ3v) is 11.3. The Hall–Kier alpha value is -6.26. The average molecular weight is 821 g/mol. The van der Waals surface area contributed by atoms with Crippen LogP contribution in [0.3, 0.4) is 0 Å². The topological polar surface area (TPSA) is 195 Å². The van der Waals surface area contributed by atoms with Crippen molar-refractivity contribution >= 4 is 34.8 Å². The molecule has 2 fully saturated rings. The number of aromatic amines is 2. The Bertz CT molecular complexity index is 2340. The molecular formula is C44H52N8O8. The molecule has 316 valence electrons. The lowest BCUT2D eigenvalue weighted by molar-refractivity contribution is -0.147. The second-order valence-electron chi connectivity index (χ2n) is 15.9. The van der Waals surface area contributed by atoms with Gasteiger partial charge in [-0.15, -0.1) is 0 Å². The number of morpholine rings is 2. The monoisotopic (exact) mass is 820 g/mol. The lowest BCUT2D eigenvalue weighted by Crippen LogP contribution is -2.55. The van der Waals surface area contributed by atoms with Gasteiger partial charge in [0.2, 0.25) is 11.8 Å². The van der Waals surface area contributed by atoms with Crippen LogP contribution in [0.5, 0.6) is 0 Å².